The Morgan fingerprint density at radius 3 is 2.23 bits per heavy atom. The third kappa shape index (κ3) is 3.03. The van der Waals surface area contributed by atoms with Crippen LogP contribution in [0.5, 0.6) is 0 Å². The molecule has 1 atom stereocenters. The van der Waals surface area contributed by atoms with Gasteiger partial charge < -0.3 is 16.2 Å². The van der Waals surface area contributed by atoms with Crippen molar-refractivity contribution in [3.05, 3.63) is 35.2 Å². The normalized spacial score (nSPS) is 12.3. The van der Waals surface area contributed by atoms with Gasteiger partial charge in [-0.1, -0.05) is 0 Å². The van der Waals surface area contributed by atoms with Crippen LogP contribution >= 0.6 is 0 Å². The van der Waals surface area contributed by atoms with Crippen molar-refractivity contribution in [3.63, 3.8) is 0 Å². The van der Waals surface area contributed by atoms with E-state index in [-0.39, 0.29) is 6.07 Å². The molecule has 0 saturated carbocycles. The largest absolute Gasteiger partial charge is 0.393 e. The van der Waals surface area contributed by atoms with E-state index in [1.54, 1.807) is 0 Å². The zero-order valence-corrected chi connectivity index (χ0v) is 10.6. The molecule has 0 aliphatic carbocycles. The molecule has 0 bridgehead atoms. The fraction of sp³-hybridized carbons (Fsp3) is 0.182. The lowest BCUT2D eigenvalue weighted by molar-refractivity contribution is 0.173. The molecule has 1 heterocycles. The van der Waals surface area contributed by atoms with E-state index in [0.717, 1.165) is 0 Å². The highest BCUT2D eigenvalue weighted by atomic mass is 19.2. The van der Waals surface area contributed by atoms with Gasteiger partial charge in [0, 0.05) is 6.07 Å². The fourth-order valence-corrected chi connectivity index (χ4v) is 1.48. The van der Waals surface area contributed by atoms with Crippen molar-refractivity contribution in [1.82, 2.24) is 15.0 Å². The first kappa shape index (κ1) is 15.8. The maximum absolute atomic E-state index is 13.5. The molecule has 22 heavy (non-hydrogen) atoms. The number of hydrogen-bond acceptors (Lipinski definition) is 6. The van der Waals surface area contributed by atoms with Gasteiger partial charge in [0.1, 0.15) is 5.69 Å². The number of nitrogens with two attached hydrogens (primary N) is 1. The third-order valence-corrected chi connectivity index (χ3v) is 2.46. The molecule has 0 aliphatic heterocycles. The number of anilines is 3. The van der Waals surface area contributed by atoms with Crippen LogP contribution in [0.4, 0.5) is 39.5 Å². The maximum atomic E-state index is 13.5. The monoisotopic (exact) mass is 321 g/mol. The number of aliphatic hydroxyl groups is 1. The highest BCUT2D eigenvalue weighted by Crippen LogP contribution is 2.26. The van der Waals surface area contributed by atoms with Crippen molar-refractivity contribution in [1.29, 1.82) is 0 Å². The van der Waals surface area contributed by atoms with Gasteiger partial charge in [-0.15, -0.1) is 0 Å². The van der Waals surface area contributed by atoms with E-state index < -0.39 is 59.5 Å². The highest BCUT2D eigenvalue weighted by molar-refractivity contribution is 5.56. The van der Waals surface area contributed by atoms with Crippen molar-refractivity contribution in [2.45, 2.75) is 6.17 Å². The molecule has 11 heteroatoms. The summed E-state index contributed by atoms with van der Waals surface area (Å²) in [5, 5.41) is 10.5. The summed E-state index contributed by atoms with van der Waals surface area (Å²) in [6, 6.07) is 0.0202. The molecule has 0 amide bonds. The number of benzene rings is 1. The van der Waals surface area contributed by atoms with E-state index in [9.17, 15) is 22.0 Å². The van der Waals surface area contributed by atoms with Gasteiger partial charge >= 0.3 is 0 Å². The average molecular weight is 321 g/mol. The Morgan fingerprint density at radius 1 is 1.09 bits per heavy atom. The summed E-state index contributed by atoms with van der Waals surface area (Å²) in [4.78, 5) is 10.2. The molecule has 118 valence electrons. The average Bonchev–Trinajstić information content (AvgIpc) is 2.48. The predicted molar refractivity (Wildman–Crippen MR) is 64.7 cm³/mol. The Morgan fingerprint density at radius 2 is 1.68 bits per heavy atom. The van der Waals surface area contributed by atoms with E-state index in [2.05, 4.69) is 15.0 Å². The molecule has 0 spiro atoms. The smallest absolute Gasteiger partial charge is 0.232 e. The number of hydrogen-bond donors (Lipinski definition) is 3. The maximum Gasteiger partial charge on any atom is 0.232 e. The van der Waals surface area contributed by atoms with Crippen LogP contribution in [0.2, 0.25) is 0 Å². The Kier molecular flexibility index (Phi) is 4.35. The molecular formula is C11H8F5N5O. The van der Waals surface area contributed by atoms with E-state index in [4.69, 9.17) is 10.8 Å². The zero-order valence-electron chi connectivity index (χ0n) is 10.6. The molecule has 0 saturated heterocycles. The van der Waals surface area contributed by atoms with Gasteiger partial charge in [-0.2, -0.15) is 15.0 Å². The third-order valence-electron chi connectivity index (χ3n) is 2.46. The molecule has 2 aromatic rings. The summed E-state index contributed by atoms with van der Waals surface area (Å²) in [5.41, 5.74) is 4.04. The minimum Gasteiger partial charge on any atom is -0.393 e. The number of aromatic nitrogens is 3. The van der Waals surface area contributed by atoms with Crippen molar-refractivity contribution < 1.29 is 27.1 Å². The topological polar surface area (TPSA) is 97.0 Å². The summed E-state index contributed by atoms with van der Waals surface area (Å²) in [6.45, 7) is -0.972. The Labute approximate surface area is 119 Å². The molecule has 0 aliphatic rings. The van der Waals surface area contributed by atoms with Crippen LogP contribution in [0.15, 0.2) is 6.07 Å². The first-order valence-corrected chi connectivity index (χ1v) is 5.69. The Balaban J connectivity index is 2.46. The Hall–Kier alpha value is -2.56. The van der Waals surface area contributed by atoms with Gasteiger partial charge in [0.15, 0.2) is 35.3 Å². The van der Waals surface area contributed by atoms with Crippen LogP contribution in [0.25, 0.3) is 0 Å². The van der Waals surface area contributed by atoms with Crippen LogP contribution in [0.1, 0.15) is 12.0 Å². The van der Waals surface area contributed by atoms with Crippen LogP contribution in [0.3, 0.4) is 0 Å². The molecule has 6 nitrogen and oxygen atoms in total. The van der Waals surface area contributed by atoms with Crippen LogP contribution in [-0.2, 0) is 0 Å². The van der Waals surface area contributed by atoms with Gasteiger partial charge in [-0.3, -0.25) is 0 Å². The van der Waals surface area contributed by atoms with Gasteiger partial charge in [-0.25, -0.2) is 22.0 Å². The summed E-state index contributed by atoms with van der Waals surface area (Å²) in [7, 11) is 0. The van der Waals surface area contributed by atoms with Crippen molar-refractivity contribution in [3.8, 4) is 0 Å². The van der Waals surface area contributed by atoms with Gasteiger partial charge in [-0.05, 0) is 0 Å². The van der Waals surface area contributed by atoms with Crippen molar-refractivity contribution in [2.24, 2.45) is 0 Å². The van der Waals surface area contributed by atoms with Crippen molar-refractivity contribution >= 4 is 17.6 Å². The number of rotatable bonds is 4. The summed E-state index contributed by atoms with van der Waals surface area (Å²) < 4.78 is 66.4. The summed E-state index contributed by atoms with van der Waals surface area (Å²) >= 11 is 0. The summed E-state index contributed by atoms with van der Waals surface area (Å²) in [6.07, 6.45) is -2.02. The molecule has 0 radical (unpaired) electrons. The molecule has 4 N–H and O–H groups in total. The number of alkyl halides is 1. The molecule has 2 rings (SSSR count). The minimum atomic E-state index is -2.02. The van der Waals surface area contributed by atoms with E-state index >= 15 is 0 Å². The van der Waals surface area contributed by atoms with Gasteiger partial charge in [0.25, 0.3) is 0 Å². The second-order valence-electron chi connectivity index (χ2n) is 3.99. The first-order chi connectivity index (χ1) is 10.3. The van der Waals surface area contributed by atoms with Crippen LogP contribution in [-0.4, -0.2) is 26.7 Å². The first-order valence-electron chi connectivity index (χ1n) is 5.69. The number of nitrogens with zero attached hydrogens (tertiary/aromatic N) is 3. The predicted octanol–water partition coefficient (Wildman–Crippen LogP) is 1.76. The Bertz CT molecular complexity index is 688. The number of aliphatic hydroxyl groups excluding tert-OH is 1. The zero-order chi connectivity index (χ0) is 16.4. The molecule has 1 unspecified atom stereocenters. The highest BCUT2D eigenvalue weighted by Gasteiger charge is 2.21. The lowest BCUT2D eigenvalue weighted by Crippen LogP contribution is -2.12. The van der Waals surface area contributed by atoms with E-state index in [0.29, 0.717) is 0 Å². The van der Waals surface area contributed by atoms with E-state index in [1.165, 1.54) is 0 Å². The molecule has 0 fully saturated rings. The summed E-state index contributed by atoms with van der Waals surface area (Å²) in [5.74, 6) is -8.54. The lowest BCUT2D eigenvalue weighted by Gasteiger charge is -2.10. The standard InChI is InChI=1S/C11H8F5N5O/c12-3-1-4(13)7(16)8(6(3)15)18-11-20-9(5(14)2-22)19-10(17)21-11/h1,5,22H,2H2,(H3,17,18,19,20,21). The fourth-order valence-electron chi connectivity index (χ4n) is 1.48. The van der Waals surface area contributed by atoms with Gasteiger partial charge in [0.2, 0.25) is 11.9 Å². The number of halogens is 5. The quantitative estimate of drug-likeness (QED) is 0.586. The van der Waals surface area contributed by atoms with Crippen LogP contribution in [0, 0.1) is 23.3 Å². The van der Waals surface area contributed by atoms with E-state index in [1.807, 2.05) is 5.32 Å². The van der Waals surface area contributed by atoms with Gasteiger partial charge in [0.05, 0.1) is 6.61 Å². The van der Waals surface area contributed by atoms with Crippen molar-refractivity contribution in [2.75, 3.05) is 17.7 Å². The molecule has 1 aromatic heterocycles. The SMILES string of the molecule is Nc1nc(Nc2c(F)c(F)cc(F)c2F)nc(C(F)CO)n1. The second-order valence-corrected chi connectivity index (χ2v) is 3.99. The second kappa shape index (κ2) is 6.05. The molecule has 1 aromatic carbocycles. The number of nitrogen functional groups attached to an aromatic ring is 1. The number of nitrogens with one attached hydrogen (secondary N) is 1. The van der Waals surface area contributed by atoms with Crippen LogP contribution < -0.4 is 11.1 Å². The minimum absolute atomic E-state index is 0.0202. The molecular weight excluding hydrogens is 313 g/mol. The lowest BCUT2D eigenvalue weighted by atomic mass is 10.2.